The molecule has 2 rings (SSSR count). The van der Waals surface area contributed by atoms with Crippen molar-refractivity contribution in [1.29, 1.82) is 0 Å². The van der Waals surface area contributed by atoms with Crippen molar-refractivity contribution in [2.75, 3.05) is 0 Å². The minimum atomic E-state index is -1.06. The van der Waals surface area contributed by atoms with Gasteiger partial charge in [0.15, 0.2) is 5.69 Å². The highest BCUT2D eigenvalue weighted by atomic mass is 16.4. The van der Waals surface area contributed by atoms with Crippen LogP contribution in [0.25, 0.3) is 5.69 Å². The van der Waals surface area contributed by atoms with Crippen LogP contribution < -0.4 is 0 Å². The largest absolute Gasteiger partial charge is 0.476 e. The number of aryl methyl sites for hydroxylation is 1. The van der Waals surface area contributed by atoms with Gasteiger partial charge in [-0.3, -0.25) is 0 Å². The molecule has 0 atom stereocenters. The molecule has 0 aliphatic rings. The van der Waals surface area contributed by atoms with Gasteiger partial charge in [-0.05, 0) is 26.0 Å². The van der Waals surface area contributed by atoms with Crippen molar-refractivity contribution in [3.63, 3.8) is 0 Å². The van der Waals surface area contributed by atoms with Crippen LogP contribution >= 0.6 is 0 Å². The van der Waals surface area contributed by atoms with Crippen LogP contribution in [0.3, 0.4) is 0 Å². The van der Waals surface area contributed by atoms with Crippen molar-refractivity contribution >= 4 is 5.97 Å². The zero-order valence-electron chi connectivity index (χ0n) is 9.01. The van der Waals surface area contributed by atoms with Gasteiger partial charge in [-0.1, -0.05) is 22.9 Å². The Bertz CT molecular complexity index is 529. The lowest BCUT2D eigenvalue weighted by Gasteiger charge is -2.02. The maximum Gasteiger partial charge on any atom is 0.358 e. The Balaban J connectivity index is 2.49. The summed E-state index contributed by atoms with van der Waals surface area (Å²) in [6, 6.07) is 7.64. The molecule has 0 radical (unpaired) electrons. The molecule has 0 aliphatic heterocycles. The van der Waals surface area contributed by atoms with E-state index in [0.29, 0.717) is 5.69 Å². The van der Waals surface area contributed by atoms with Crippen LogP contribution in [0.1, 0.15) is 21.7 Å². The number of carboxylic acids is 1. The number of carboxylic acid groups (broad SMARTS) is 1. The van der Waals surface area contributed by atoms with E-state index in [9.17, 15) is 4.79 Å². The summed E-state index contributed by atoms with van der Waals surface area (Å²) in [6.07, 6.45) is 0. The lowest BCUT2D eigenvalue weighted by molar-refractivity contribution is 0.0689. The van der Waals surface area contributed by atoms with E-state index >= 15 is 0 Å². The van der Waals surface area contributed by atoms with Crippen LogP contribution in [-0.4, -0.2) is 26.1 Å². The van der Waals surface area contributed by atoms with Crippen LogP contribution in [0.4, 0.5) is 0 Å². The molecule has 1 aromatic heterocycles. The molecule has 16 heavy (non-hydrogen) atoms. The summed E-state index contributed by atoms with van der Waals surface area (Å²) in [5, 5.41) is 16.3. The van der Waals surface area contributed by atoms with E-state index in [1.54, 1.807) is 6.92 Å². The highest BCUT2D eigenvalue weighted by Crippen LogP contribution is 2.12. The number of aromatic carboxylic acids is 1. The normalized spacial score (nSPS) is 10.4. The second-order valence-corrected chi connectivity index (χ2v) is 3.58. The summed E-state index contributed by atoms with van der Waals surface area (Å²) in [4.78, 5) is 10.8. The minimum absolute atomic E-state index is 0.0134. The predicted octanol–water partition coefficient (Wildman–Crippen LogP) is 1.58. The maximum absolute atomic E-state index is 10.8. The fourth-order valence-corrected chi connectivity index (χ4v) is 1.46. The molecule has 1 N–H and O–H groups in total. The Hall–Kier alpha value is -2.17. The van der Waals surface area contributed by atoms with Crippen LogP contribution in [-0.2, 0) is 0 Å². The minimum Gasteiger partial charge on any atom is -0.476 e. The Kier molecular flexibility index (Phi) is 2.44. The lowest BCUT2D eigenvalue weighted by atomic mass is 10.2. The van der Waals surface area contributed by atoms with E-state index in [2.05, 4.69) is 10.3 Å². The van der Waals surface area contributed by atoms with Gasteiger partial charge < -0.3 is 5.11 Å². The molecule has 5 nitrogen and oxygen atoms in total. The van der Waals surface area contributed by atoms with Gasteiger partial charge in [0.1, 0.15) is 0 Å². The van der Waals surface area contributed by atoms with Gasteiger partial charge in [0, 0.05) is 0 Å². The Morgan fingerprint density at radius 3 is 2.38 bits per heavy atom. The first kappa shape index (κ1) is 10.4. The van der Waals surface area contributed by atoms with Gasteiger partial charge >= 0.3 is 5.97 Å². The van der Waals surface area contributed by atoms with Gasteiger partial charge in [0.05, 0.1) is 11.4 Å². The Morgan fingerprint density at radius 1 is 1.25 bits per heavy atom. The number of rotatable bonds is 2. The SMILES string of the molecule is Cc1ccc(-n2nnc(C(=O)O)c2C)cc1. The monoisotopic (exact) mass is 217 g/mol. The van der Waals surface area contributed by atoms with Gasteiger partial charge in [-0.25, -0.2) is 9.48 Å². The number of hydrogen-bond donors (Lipinski definition) is 1. The van der Waals surface area contributed by atoms with Crippen molar-refractivity contribution in [3.8, 4) is 5.69 Å². The summed E-state index contributed by atoms with van der Waals surface area (Å²) in [6.45, 7) is 3.67. The van der Waals surface area contributed by atoms with E-state index < -0.39 is 5.97 Å². The quantitative estimate of drug-likeness (QED) is 0.829. The number of hydrogen-bond acceptors (Lipinski definition) is 3. The maximum atomic E-state index is 10.8. The van der Waals surface area contributed by atoms with Gasteiger partial charge in [-0.2, -0.15) is 0 Å². The smallest absolute Gasteiger partial charge is 0.358 e. The van der Waals surface area contributed by atoms with E-state index in [1.807, 2.05) is 31.2 Å². The molecular weight excluding hydrogens is 206 g/mol. The average molecular weight is 217 g/mol. The third-order valence-electron chi connectivity index (χ3n) is 2.38. The number of carbonyl (C=O) groups is 1. The van der Waals surface area contributed by atoms with Crippen molar-refractivity contribution < 1.29 is 9.90 Å². The molecule has 0 aliphatic carbocycles. The van der Waals surface area contributed by atoms with Crippen molar-refractivity contribution in [3.05, 3.63) is 41.2 Å². The summed E-state index contributed by atoms with van der Waals surface area (Å²) in [7, 11) is 0. The fourth-order valence-electron chi connectivity index (χ4n) is 1.46. The standard InChI is InChI=1S/C11H11N3O2/c1-7-3-5-9(6-4-7)14-8(2)10(11(15)16)12-13-14/h3-6H,1-2H3,(H,15,16). The Labute approximate surface area is 92.3 Å². The molecule has 0 unspecified atom stereocenters. The summed E-state index contributed by atoms with van der Waals surface area (Å²) < 4.78 is 1.52. The van der Waals surface area contributed by atoms with E-state index in [1.165, 1.54) is 4.68 Å². The first-order valence-corrected chi connectivity index (χ1v) is 4.82. The highest BCUT2D eigenvalue weighted by Gasteiger charge is 2.15. The van der Waals surface area contributed by atoms with Crippen molar-refractivity contribution in [2.24, 2.45) is 0 Å². The predicted molar refractivity (Wildman–Crippen MR) is 57.8 cm³/mol. The third kappa shape index (κ3) is 1.67. The molecule has 5 heteroatoms. The van der Waals surface area contributed by atoms with Crippen LogP contribution in [0.15, 0.2) is 24.3 Å². The zero-order valence-corrected chi connectivity index (χ0v) is 9.01. The van der Waals surface area contributed by atoms with Crippen molar-refractivity contribution in [2.45, 2.75) is 13.8 Å². The van der Waals surface area contributed by atoms with Crippen LogP contribution in [0, 0.1) is 13.8 Å². The summed E-state index contributed by atoms with van der Waals surface area (Å²) in [5.74, 6) is -1.06. The third-order valence-corrected chi connectivity index (χ3v) is 2.38. The van der Waals surface area contributed by atoms with Crippen LogP contribution in [0.5, 0.6) is 0 Å². The zero-order chi connectivity index (χ0) is 11.7. The van der Waals surface area contributed by atoms with Gasteiger partial charge in [0.25, 0.3) is 0 Å². The molecule has 0 amide bonds. The Morgan fingerprint density at radius 2 is 1.88 bits per heavy atom. The highest BCUT2D eigenvalue weighted by molar-refractivity contribution is 5.86. The molecule has 0 spiro atoms. The van der Waals surface area contributed by atoms with E-state index in [4.69, 9.17) is 5.11 Å². The van der Waals surface area contributed by atoms with E-state index in [-0.39, 0.29) is 5.69 Å². The molecule has 0 fully saturated rings. The number of aromatic nitrogens is 3. The van der Waals surface area contributed by atoms with Crippen LogP contribution in [0.2, 0.25) is 0 Å². The lowest BCUT2D eigenvalue weighted by Crippen LogP contribution is -2.02. The molecular formula is C11H11N3O2. The molecule has 0 saturated heterocycles. The summed E-state index contributed by atoms with van der Waals surface area (Å²) in [5.41, 5.74) is 2.46. The molecule has 0 bridgehead atoms. The first-order valence-electron chi connectivity index (χ1n) is 4.82. The van der Waals surface area contributed by atoms with Crippen molar-refractivity contribution in [1.82, 2.24) is 15.0 Å². The molecule has 82 valence electrons. The average Bonchev–Trinajstić information content (AvgIpc) is 2.61. The molecule has 1 heterocycles. The number of benzene rings is 1. The number of nitrogens with zero attached hydrogens (tertiary/aromatic N) is 3. The fraction of sp³-hybridized carbons (Fsp3) is 0.182. The molecule has 2 aromatic rings. The summed E-state index contributed by atoms with van der Waals surface area (Å²) >= 11 is 0. The molecule has 1 aromatic carbocycles. The molecule has 0 saturated carbocycles. The van der Waals surface area contributed by atoms with Gasteiger partial charge in [0.2, 0.25) is 0 Å². The topological polar surface area (TPSA) is 68.0 Å². The second-order valence-electron chi connectivity index (χ2n) is 3.58. The first-order chi connectivity index (χ1) is 7.59. The van der Waals surface area contributed by atoms with E-state index in [0.717, 1.165) is 11.3 Å². The second kappa shape index (κ2) is 3.77. The van der Waals surface area contributed by atoms with Gasteiger partial charge in [-0.15, -0.1) is 5.10 Å².